The number of carbonyl (C=O) groups is 1. The predicted molar refractivity (Wildman–Crippen MR) is 103 cm³/mol. The zero-order valence-corrected chi connectivity index (χ0v) is 17.1. The van der Waals surface area contributed by atoms with E-state index >= 15 is 0 Å². The Morgan fingerprint density at radius 1 is 1.50 bits per heavy atom. The van der Waals surface area contributed by atoms with Crippen molar-refractivity contribution in [3.05, 3.63) is 24.4 Å². The number of hydrogen-bond acceptors (Lipinski definition) is 7. The number of hydrogen-bond donors (Lipinski definition) is 2. The normalized spacial score (nSPS) is 13.7. The van der Waals surface area contributed by atoms with E-state index in [1.165, 1.54) is 0 Å². The quantitative estimate of drug-likeness (QED) is 0.308. The number of nitrogens with zero attached hydrogens (tertiary/aromatic N) is 1. The molecule has 1 atom stereocenters. The third-order valence-corrected chi connectivity index (χ3v) is 6.47. The van der Waals surface area contributed by atoms with E-state index in [0.29, 0.717) is 19.4 Å². The Labute approximate surface area is 156 Å². The number of carbonyl (C=O) groups excluding carboxylic acids is 1. The van der Waals surface area contributed by atoms with Crippen LogP contribution in [0.5, 0.6) is 0 Å². The van der Waals surface area contributed by atoms with E-state index < -0.39 is 6.72 Å². The van der Waals surface area contributed by atoms with Gasteiger partial charge in [0.25, 0.3) is 0 Å². The molecule has 0 aromatic carbocycles. The fourth-order valence-electron chi connectivity index (χ4n) is 1.53. The van der Waals surface area contributed by atoms with E-state index in [1.807, 2.05) is 18.2 Å². The van der Waals surface area contributed by atoms with Gasteiger partial charge in [-0.2, -0.15) is 0 Å². The largest absolute Gasteiger partial charge is 0.355 e. The first-order valence-corrected chi connectivity index (χ1v) is 12.4. The minimum absolute atomic E-state index is 0.0435. The number of aromatic nitrogens is 1. The first-order chi connectivity index (χ1) is 11.4. The lowest BCUT2D eigenvalue weighted by atomic mass is 10.3. The van der Waals surface area contributed by atoms with Crippen LogP contribution in [0.4, 0.5) is 0 Å². The van der Waals surface area contributed by atoms with Gasteiger partial charge < -0.3 is 19.3 Å². The fraction of sp³-hybridized carbons (Fsp3) is 0.571. The van der Waals surface area contributed by atoms with Crippen LogP contribution in [0.2, 0.25) is 0 Å². The lowest BCUT2D eigenvalue weighted by molar-refractivity contribution is -0.121. The molecule has 0 fully saturated rings. The number of amides is 1. The highest BCUT2D eigenvalue weighted by Crippen LogP contribution is 2.44. The molecule has 0 bridgehead atoms. The van der Waals surface area contributed by atoms with E-state index in [4.69, 9.17) is 20.9 Å². The van der Waals surface area contributed by atoms with E-state index in [9.17, 15) is 9.69 Å². The van der Waals surface area contributed by atoms with E-state index in [0.717, 1.165) is 10.8 Å². The molecule has 0 aliphatic rings. The van der Waals surface area contributed by atoms with Gasteiger partial charge in [0, 0.05) is 24.9 Å². The summed E-state index contributed by atoms with van der Waals surface area (Å²) < 4.78 is 10.3. The average Bonchev–Trinajstić information content (AvgIpc) is 2.51. The molecule has 2 N–H and O–H groups in total. The van der Waals surface area contributed by atoms with E-state index in [-0.39, 0.29) is 18.6 Å². The Hall–Kier alpha value is -0.150. The van der Waals surface area contributed by atoms with Gasteiger partial charge >= 0.3 is 6.72 Å². The van der Waals surface area contributed by atoms with Crippen molar-refractivity contribution in [2.45, 2.75) is 37.8 Å². The molecule has 0 spiro atoms. The first kappa shape index (κ1) is 21.9. The molecule has 136 valence electrons. The van der Waals surface area contributed by atoms with Crippen molar-refractivity contribution in [3.63, 3.8) is 0 Å². The molecule has 1 unspecified atom stereocenters. The average molecular weight is 411 g/mol. The summed E-state index contributed by atoms with van der Waals surface area (Å²) in [6.07, 6.45) is 2.38. The molecule has 0 saturated carbocycles. The van der Waals surface area contributed by atoms with Crippen molar-refractivity contribution in [1.82, 2.24) is 10.3 Å². The van der Waals surface area contributed by atoms with Crippen LogP contribution in [0, 0.1) is 0 Å². The monoisotopic (exact) mass is 410 g/mol. The molecule has 6 nitrogen and oxygen atoms in total. The van der Waals surface area contributed by atoms with Crippen LogP contribution in [0.15, 0.2) is 29.4 Å². The smallest absolute Gasteiger partial charge is 0.324 e. The third kappa shape index (κ3) is 11.4. The molecule has 0 saturated heterocycles. The summed E-state index contributed by atoms with van der Waals surface area (Å²) in [4.78, 5) is 25.6. The Morgan fingerprint density at radius 2 is 2.29 bits per heavy atom. The second-order valence-corrected chi connectivity index (χ2v) is 10.2. The van der Waals surface area contributed by atoms with Gasteiger partial charge in [-0.25, -0.2) is 4.98 Å². The lowest BCUT2D eigenvalue weighted by Gasteiger charge is -2.17. The molecule has 1 heterocycles. The van der Waals surface area contributed by atoms with Crippen LogP contribution in [0.25, 0.3) is 0 Å². The summed E-state index contributed by atoms with van der Waals surface area (Å²) in [6, 6.07) is 5.77. The van der Waals surface area contributed by atoms with E-state index in [2.05, 4.69) is 10.3 Å². The minimum atomic E-state index is -3.18. The zero-order valence-electron chi connectivity index (χ0n) is 13.7. The van der Waals surface area contributed by atoms with Gasteiger partial charge in [0.05, 0.1) is 12.7 Å². The summed E-state index contributed by atoms with van der Waals surface area (Å²) >= 11 is 4.85. The summed E-state index contributed by atoms with van der Waals surface area (Å²) in [5.74, 6) is 0.751. The Morgan fingerprint density at radius 3 is 2.96 bits per heavy atom. The van der Waals surface area contributed by atoms with Gasteiger partial charge in [0.2, 0.25) is 5.91 Å². The predicted octanol–water partition coefficient (Wildman–Crippen LogP) is 3.38. The Kier molecular flexibility index (Phi) is 11.2. The molecule has 0 aliphatic heterocycles. The van der Waals surface area contributed by atoms with Gasteiger partial charge in [-0.15, -0.1) is 0 Å². The van der Waals surface area contributed by atoms with E-state index in [1.54, 1.807) is 41.6 Å². The van der Waals surface area contributed by atoms with Crippen molar-refractivity contribution < 1.29 is 18.7 Å². The molecular formula is C14H23N2O4PS3. The van der Waals surface area contributed by atoms with Crippen molar-refractivity contribution >= 4 is 46.0 Å². The Bertz CT molecular complexity index is 534. The van der Waals surface area contributed by atoms with Gasteiger partial charge in [0.15, 0.2) is 0 Å². The topological polar surface area (TPSA) is 80.7 Å². The zero-order chi connectivity index (χ0) is 17.8. The van der Waals surface area contributed by atoms with Crippen LogP contribution in [-0.2, 0) is 25.6 Å². The highest BCUT2D eigenvalue weighted by atomic mass is 33.1. The highest BCUT2D eigenvalue weighted by Gasteiger charge is 2.16. The summed E-state index contributed by atoms with van der Waals surface area (Å²) in [6.45, 7) is 1.18. The maximum Gasteiger partial charge on any atom is 0.324 e. The second-order valence-electron chi connectivity index (χ2n) is 4.98. The molecule has 0 aliphatic carbocycles. The van der Waals surface area contributed by atoms with Crippen molar-refractivity contribution in [3.8, 4) is 0 Å². The van der Waals surface area contributed by atoms with Crippen molar-refractivity contribution in [1.29, 1.82) is 0 Å². The molecule has 1 aromatic heterocycles. The molecule has 1 amide bonds. The molecule has 24 heavy (non-hydrogen) atoms. The van der Waals surface area contributed by atoms with Gasteiger partial charge in [-0.05, 0) is 55.0 Å². The highest BCUT2D eigenvalue weighted by molar-refractivity contribution is 8.76. The SMILES string of the molecule is CC(C)OP(O)(=S)OCCCC(=O)NCCSSc1ccccn1. The number of rotatable bonds is 12. The Balaban J connectivity index is 2.01. The van der Waals surface area contributed by atoms with Gasteiger partial charge in [-0.3, -0.25) is 4.79 Å². The minimum Gasteiger partial charge on any atom is -0.355 e. The van der Waals surface area contributed by atoms with Crippen LogP contribution in [-0.4, -0.2) is 40.8 Å². The molecule has 0 radical (unpaired) electrons. The maximum atomic E-state index is 11.7. The third-order valence-electron chi connectivity index (χ3n) is 2.44. The van der Waals surface area contributed by atoms with Crippen LogP contribution >= 0.6 is 28.3 Å². The standard InChI is InChI=1S/C14H23N2O4PS3/c1-12(2)20-21(18,22)19-10-5-6-13(17)15-9-11-23-24-14-7-3-4-8-16-14/h3-4,7-8,12H,5-6,9-11H2,1-2H3,(H,15,17)(H,18,22). The van der Waals surface area contributed by atoms with Gasteiger partial charge in [-0.1, -0.05) is 16.9 Å². The summed E-state index contributed by atoms with van der Waals surface area (Å²) in [5, 5.41) is 3.79. The van der Waals surface area contributed by atoms with Crippen LogP contribution in [0.1, 0.15) is 26.7 Å². The summed E-state index contributed by atoms with van der Waals surface area (Å²) in [7, 11) is 3.23. The molecular weight excluding hydrogens is 387 g/mol. The molecule has 1 rings (SSSR count). The number of nitrogens with one attached hydrogen (secondary N) is 1. The maximum absolute atomic E-state index is 11.7. The van der Waals surface area contributed by atoms with Crippen LogP contribution < -0.4 is 5.32 Å². The number of pyridine rings is 1. The van der Waals surface area contributed by atoms with Crippen molar-refractivity contribution in [2.75, 3.05) is 18.9 Å². The summed E-state index contributed by atoms with van der Waals surface area (Å²) in [5.41, 5.74) is 0. The van der Waals surface area contributed by atoms with Gasteiger partial charge in [0.1, 0.15) is 5.03 Å². The van der Waals surface area contributed by atoms with Crippen LogP contribution in [0.3, 0.4) is 0 Å². The molecule has 1 aromatic rings. The second kappa shape index (κ2) is 12.2. The molecule has 10 heteroatoms. The van der Waals surface area contributed by atoms with Crippen molar-refractivity contribution in [2.24, 2.45) is 0 Å². The lowest BCUT2D eigenvalue weighted by Crippen LogP contribution is -2.25. The fourth-order valence-corrected chi connectivity index (χ4v) is 5.01. The first-order valence-electron chi connectivity index (χ1n) is 7.52.